The molecule has 0 saturated carbocycles. The van der Waals surface area contributed by atoms with E-state index >= 15 is 0 Å². The molecule has 1 aromatic carbocycles. The molecule has 0 bridgehead atoms. The van der Waals surface area contributed by atoms with Gasteiger partial charge in [0, 0.05) is 25.4 Å². The van der Waals surface area contributed by atoms with Crippen LogP contribution < -0.4 is 9.47 Å². The van der Waals surface area contributed by atoms with Gasteiger partial charge in [0.2, 0.25) is 0 Å². The van der Waals surface area contributed by atoms with Gasteiger partial charge in [0.1, 0.15) is 0 Å². The van der Waals surface area contributed by atoms with Gasteiger partial charge in [-0.25, -0.2) is 0 Å². The molecule has 0 aromatic heterocycles. The zero-order chi connectivity index (χ0) is 12.3. The van der Waals surface area contributed by atoms with Crippen molar-refractivity contribution in [2.75, 3.05) is 33.1 Å². The Kier molecular flexibility index (Phi) is 4.18. The third kappa shape index (κ3) is 2.69. The lowest BCUT2D eigenvalue weighted by atomic mass is 9.99. The van der Waals surface area contributed by atoms with Crippen LogP contribution in [0.15, 0.2) is 12.1 Å². The van der Waals surface area contributed by atoms with Crippen LogP contribution in [-0.2, 0) is 13.0 Å². The average molecular weight is 253 g/mol. The topological polar surface area (TPSA) is 21.7 Å². The summed E-state index contributed by atoms with van der Waals surface area (Å²) >= 11 is 4.28. The van der Waals surface area contributed by atoms with Crippen molar-refractivity contribution in [1.82, 2.24) is 4.90 Å². The van der Waals surface area contributed by atoms with Gasteiger partial charge in [-0.05, 0) is 29.7 Å². The fourth-order valence-corrected chi connectivity index (χ4v) is 2.56. The average Bonchev–Trinajstić information content (AvgIpc) is 2.37. The molecule has 94 valence electrons. The predicted molar refractivity (Wildman–Crippen MR) is 72.4 cm³/mol. The summed E-state index contributed by atoms with van der Waals surface area (Å²) in [6.07, 6.45) is 1.07. The summed E-state index contributed by atoms with van der Waals surface area (Å²) < 4.78 is 10.7. The van der Waals surface area contributed by atoms with Crippen LogP contribution in [0, 0.1) is 0 Å². The van der Waals surface area contributed by atoms with Crippen molar-refractivity contribution in [3.05, 3.63) is 23.3 Å². The first kappa shape index (κ1) is 12.6. The van der Waals surface area contributed by atoms with Gasteiger partial charge in [-0.1, -0.05) is 0 Å². The van der Waals surface area contributed by atoms with Gasteiger partial charge in [0.05, 0.1) is 14.2 Å². The minimum atomic E-state index is 0.818. The predicted octanol–water partition coefficient (Wildman–Crippen LogP) is 1.99. The first-order chi connectivity index (χ1) is 8.28. The van der Waals surface area contributed by atoms with Gasteiger partial charge >= 0.3 is 0 Å². The largest absolute Gasteiger partial charge is 0.493 e. The van der Waals surface area contributed by atoms with Crippen LogP contribution in [-0.4, -0.2) is 38.0 Å². The first-order valence-electron chi connectivity index (χ1n) is 5.85. The van der Waals surface area contributed by atoms with Crippen molar-refractivity contribution in [3.63, 3.8) is 0 Å². The van der Waals surface area contributed by atoms with Crippen molar-refractivity contribution in [1.29, 1.82) is 0 Å². The van der Waals surface area contributed by atoms with Crippen molar-refractivity contribution >= 4 is 12.6 Å². The van der Waals surface area contributed by atoms with E-state index in [1.54, 1.807) is 14.2 Å². The SMILES string of the molecule is COc1cc2c(cc1OC)CN(CCS)CC2. The quantitative estimate of drug-likeness (QED) is 0.829. The molecule has 1 aliphatic rings. The molecular formula is C13H19NO2S. The minimum Gasteiger partial charge on any atom is -0.493 e. The standard InChI is InChI=1S/C13H19NO2S/c1-15-12-7-10-3-4-14(5-6-17)9-11(10)8-13(12)16-2/h7-8,17H,3-6,9H2,1-2H3. The molecule has 17 heavy (non-hydrogen) atoms. The Morgan fingerprint density at radius 3 is 2.41 bits per heavy atom. The molecule has 2 rings (SSSR count). The third-order valence-corrected chi connectivity index (χ3v) is 3.41. The van der Waals surface area contributed by atoms with Crippen molar-refractivity contribution in [2.45, 2.75) is 13.0 Å². The monoisotopic (exact) mass is 253 g/mol. The van der Waals surface area contributed by atoms with E-state index in [4.69, 9.17) is 9.47 Å². The van der Waals surface area contributed by atoms with Crippen LogP contribution in [0.2, 0.25) is 0 Å². The second kappa shape index (κ2) is 5.65. The maximum atomic E-state index is 5.34. The molecule has 0 saturated heterocycles. The second-order valence-electron chi connectivity index (χ2n) is 4.23. The number of ether oxygens (including phenoxy) is 2. The zero-order valence-electron chi connectivity index (χ0n) is 10.4. The summed E-state index contributed by atoms with van der Waals surface area (Å²) in [5.41, 5.74) is 2.72. The first-order valence-corrected chi connectivity index (χ1v) is 6.48. The molecule has 0 unspecified atom stereocenters. The Hall–Kier alpha value is -0.870. The fourth-order valence-electron chi connectivity index (χ4n) is 2.27. The summed E-state index contributed by atoms with van der Waals surface area (Å²) in [4.78, 5) is 2.42. The van der Waals surface area contributed by atoms with E-state index in [1.165, 1.54) is 11.1 Å². The molecule has 3 nitrogen and oxygen atoms in total. The number of benzene rings is 1. The molecule has 0 amide bonds. The Bertz CT molecular complexity index is 395. The third-order valence-electron chi connectivity index (χ3n) is 3.21. The zero-order valence-corrected chi connectivity index (χ0v) is 11.3. The molecule has 0 N–H and O–H groups in total. The maximum absolute atomic E-state index is 5.34. The van der Waals surface area contributed by atoms with Gasteiger partial charge in [0.25, 0.3) is 0 Å². The van der Waals surface area contributed by atoms with Crippen molar-refractivity contribution < 1.29 is 9.47 Å². The van der Waals surface area contributed by atoms with E-state index in [2.05, 4.69) is 29.7 Å². The van der Waals surface area contributed by atoms with Gasteiger partial charge in [-0.3, -0.25) is 4.90 Å². The lowest BCUT2D eigenvalue weighted by Gasteiger charge is -2.29. The number of nitrogens with zero attached hydrogens (tertiary/aromatic N) is 1. The molecule has 0 spiro atoms. The number of methoxy groups -OCH3 is 2. The smallest absolute Gasteiger partial charge is 0.161 e. The van der Waals surface area contributed by atoms with Gasteiger partial charge in [-0.2, -0.15) is 12.6 Å². The Morgan fingerprint density at radius 2 is 1.82 bits per heavy atom. The summed E-state index contributed by atoms with van der Waals surface area (Å²) in [6, 6.07) is 4.20. The molecule has 0 radical (unpaired) electrons. The highest BCUT2D eigenvalue weighted by Gasteiger charge is 2.18. The van der Waals surface area contributed by atoms with Gasteiger partial charge < -0.3 is 9.47 Å². The normalized spacial score (nSPS) is 15.5. The molecule has 0 aliphatic carbocycles. The minimum absolute atomic E-state index is 0.818. The molecule has 4 heteroatoms. The maximum Gasteiger partial charge on any atom is 0.161 e. The lowest BCUT2D eigenvalue weighted by molar-refractivity contribution is 0.268. The summed E-state index contributed by atoms with van der Waals surface area (Å²) in [6.45, 7) is 3.12. The molecule has 0 fully saturated rings. The lowest BCUT2D eigenvalue weighted by Crippen LogP contribution is -2.32. The van der Waals surface area contributed by atoms with Crippen LogP contribution in [0.5, 0.6) is 11.5 Å². The fraction of sp³-hybridized carbons (Fsp3) is 0.538. The van der Waals surface area contributed by atoms with Crippen LogP contribution in [0.1, 0.15) is 11.1 Å². The molecule has 0 atom stereocenters. The summed E-state index contributed by atoms with van der Waals surface area (Å²) in [7, 11) is 3.36. The second-order valence-corrected chi connectivity index (χ2v) is 4.67. The number of thiol groups is 1. The van der Waals surface area contributed by atoms with E-state index < -0.39 is 0 Å². The van der Waals surface area contributed by atoms with Crippen LogP contribution >= 0.6 is 12.6 Å². The van der Waals surface area contributed by atoms with Crippen LogP contribution in [0.4, 0.5) is 0 Å². The van der Waals surface area contributed by atoms with Crippen LogP contribution in [0.3, 0.4) is 0 Å². The van der Waals surface area contributed by atoms with Crippen LogP contribution in [0.25, 0.3) is 0 Å². The highest BCUT2D eigenvalue weighted by atomic mass is 32.1. The number of rotatable bonds is 4. The number of hydrogen-bond acceptors (Lipinski definition) is 4. The molecular weight excluding hydrogens is 234 g/mol. The highest BCUT2D eigenvalue weighted by Crippen LogP contribution is 2.33. The molecule has 1 heterocycles. The van der Waals surface area contributed by atoms with Gasteiger partial charge in [-0.15, -0.1) is 0 Å². The van der Waals surface area contributed by atoms with Crippen molar-refractivity contribution in [2.24, 2.45) is 0 Å². The van der Waals surface area contributed by atoms with E-state index in [0.717, 1.165) is 43.3 Å². The van der Waals surface area contributed by atoms with E-state index in [0.29, 0.717) is 0 Å². The Labute approximate surface area is 108 Å². The van der Waals surface area contributed by atoms with E-state index in [-0.39, 0.29) is 0 Å². The summed E-state index contributed by atoms with van der Waals surface area (Å²) in [5, 5.41) is 0. The number of hydrogen-bond donors (Lipinski definition) is 1. The molecule has 1 aromatic rings. The number of fused-ring (bicyclic) bond motifs is 1. The molecule has 1 aliphatic heterocycles. The Balaban J connectivity index is 2.25. The Morgan fingerprint density at radius 1 is 1.18 bits per heavy atom. The highest BCUT2D eigenvalue weighted by molar-refractivity contribution is 7.80. The van der Waals surface area contributed by atoms with E-state index in [1.807, 2.05) is 0 Å². The van der Waals surface area contributed by atoms with Crippen molar-refractivity contribution in [3.8, 4) is 11.5 Å². The van der Waals surface area contributed by atoms with E-state index in [9.17, 15) is 0 Å². The summed E-state index contributed by atoms with van der Waals surface area (Å²) in [5.74, 6) is 2.55. The van der Waals surface area contributed by atoms with Gasteiger partial charge in [0.15, 0.2) is 11.5 Å².